The summed E-state index contributed by atoms with van der Waals surface area (Å²) in [7, 11) is -1.99. The molecule has 1 aromatic heterocycles. The first kappa shape index (κ1) is 23.3. The topological polar surface area (TPSA) is 115 Å². The van der Waals surface area contributed by atoms with E-state index in [4.69, 9.17) is 9.15 Å². The molecule has 2 heterocycles. The number of carbonyl (C=O) groups is 1. The summed E-state index contributed by atoms with van der Waals surface area (Å²) in [6, 6.07) is 13.5. The molecule has 9 nitrogen and oxygen atoms in total. The van der Waals surface area contributed by atoms with Crippen LogP contribution in [0.2, 0.25) is 0 Å². The highest BCUT2D eigenvalue weighted by Gasteiger charge is 2.26. The summed E-state index contributed by atoms with van der Waals surface area (Å²) >= 11 is 1.10. The predicted molar refractivity (Wildman–Crippen MR) is 125 cm³/mol. The molecule has 1 amide bonds. The number of ether oxygens (including phenoxy) is 1. The molecule has 4 rings (SSSR count). The molecule has 33 heavy (non-hydrogen) atoms. The number of aromatic nitrogens is 2. The number of anilines is 1. The molecule has 0 unspecified atom stereocenters. The van der Waals surface area contributed by atoms with Crippen molar-refractivity contribution in [1.29, 1.82) is 0 Å². The smallest absolute Gasteiger partial charge is 0.277 e. The van der Waals surface area contributed by atoms with Gasteiger partial charge < -0.3 is 14.5 Å². The quantitative estimate of drug-likeness (QED) is 0.478. The monoisotopic (exact) mass is 488 g/mol. The van der Waals surface area contributed by atoms with E-state index in [1.807, 2.05) is 0 Å². The van der Waals surface area contributed by atoms with Crippen LogP contribution >= 0.6 is 11.8 Å². The zero-order valence-corrected chi connectivity index (χ0v) is 19.7. The summed E-state index contributed by atoms with van der Waals surface area (Å²) in [6.07, 6.45) is 2.79. The van der Waals surface area contributed by atoms with Crippen LogP contribution in [0.5, 0.6) is 5.75 Å². The first-order chi connectivity index (χ1) is 16.0. The van der Waals surface area contributed by atoms with E-state index in [1.54, 1.807) is 55.6 Å². The number of methoxy groups -OCH3 is 1. The van der Waals surface area contributed by atoms with Crippen molar-refractivity contribution in [3.8, 4) is 17.2 Å². The summed E-state index contributed by atoms with van der Waals surface area (Å²) in [5, 5.41) is 11.0. The molecular formula is C22H24N4O5S2. The number of hydrogen-bond acceptors (Lipinski definition) is 8. The molecule has 1 saturated heterocycles. The van der Waals surface area contributed by atoms with E-state index in [0.717, 1.165) is 31.0 Å². The van der Waals surface area contributed by atoms with Gasteiger partial charge in [0.1, 0.15) is 5.75 Å². The van der Waals surface area contributed by atoms with E-state index < -0.39 is 10.0 Å². The number of rotatable bonds is 8. The van der Waals surface area contributed by atoms with Crippen LogP contribution in [0.1, 0.15) is 19.3 Å². The first-order valence-electron chi connectivity index (χ1n) is 10.5. The Hall–Kier alpha value is -2.89. The van der Waals surface area contributed by atoms with Crippen LogP contribution in [0, 0.1) is 0 Å². The third kappa shape index (κ3) is 5.73. The second-order valence-electron chi connectivity index (χ2n) is 7.43. The highest BCUT2D eigenvalue weighted by Crippen LogP contribution is 2.27. The molecular weight excluding hydrogens is 464 g/mol. The second kappa shape index (κ2) is 10.4. The van der Waals surface area contributed by atoms with Crippen LogP contribution in [0.3, 0.4) is 0 Å². The van der Waals surface area contributed by atoms with Crippen molar-refractivity contribution >= 4 is 33.4 Å². The van der Waals surface area contributed by atoms with Gasteiger partial charge in [0.25, 0.3) is 5.22 Å². The minimum absolute atomic E-state index is 0.0804. The van der Waals surface area contributed by atoms with Crippen LogP contribution in [0.15, 0.2) is 63.1 Å². The number of benzene rings is 2. The Balaban J connectivity index is 1.38. The highest BCUT2D eigenvalue weighted by molar-refractivity contribution is 7.99. The van der Waals surface area contributed by atoms with Crippen molar-refractivity contribution in [3.63, 3.8) is 0 Å². The predicted octanol–water partition coefficient (Wildman–Crippen LogP) is 3.65. The normalized spacial score (nSPS) is 14.7. The fourth-order valence-corrected chi connectivity index (χ4v) is 5.55. The lowest BCUT2D eigenvalue weighted by Gasteiger charge is -2.25. The molecule has 0 atom stereocenters. The van der Waals surface area contributed by atoms with Crippen molar-refractivity contribution < 1.29 is 22.4 Å². The third-order valence-electron chi connectivity index (χ3n) is 5.14. The van der Waals surface area contributed by atoms with Crippen molar-refractivity contribution in [2.75, 3.05) is 31.3 Å². The summed E-state index contributed by atoms with van der Waals surface area (Å²) in [6.45, 7) is 1.07. The molecule has 0 aliphatic carbocycles. The van der Waals surface area contributed by atoms with Crippen molar-refractivity contribution in [2.24, 2.45) is 0 Å². The van der Waals surface area contributed by atoms with Crippen LogP contribution in [-0.4, -0.2) is 54.8 Å². The molecule has 1 aliphatic heterocycles. The number of nitrogens with zero attached hydrogens (tertiary/aromatic N) is 3. The molecule has 1 aliphatic rings. The maximum Gasteiger partial charge on any atom is 0.277 e. The van der Waals surface area contributed by atoms with Gasteiger partial charge in [-0.05, 0) is 55.3 Å². The van der Waals surface area contributed by atoms with Gasteiger partial charge >= 0.3 is 0 Å². The molecule has 1 N–H and O–H groups in total. The lowest BCUT2D eigenvalue weighted by Crippen LogP contribution is -2.35. The summed E-state index contributed by atoms with van der Waals surface area (Å²) in [4.78, 5) is 12.4. The Morgan fingerprint density at radius 1 is 1.12 bits per heavy atom. The molecule has 0 spiro atoms. The minimum Gasteiger partial charge on any atom is -0.497 e. The second-order valence-corrected chi connectivity index (χ2v) is 10.3. The van der Waals surface area contributed by atoms with E-state index in [2.05, 4.69) is 15.5 Å². The molecule has 0 saturated carbocycles. The number of thioether (sulfide) groups is 1. The first-order valence-corrected chi connectivity index (χ1v) is 12.9. The maximum atomic E-state index is 12.9. The number of amides is 1. The zero-order chi connectivity index (χ0) is 23.3. The van der Waals surface area contributed by atoms with E-state index in [1.165, 1.54) is 4.31 Å². The van der Waals surface area contributed by atoms with Gasteiger partial charge in [-0.2, -0.15) is 4.31 Å². The van der Waals surface area contributed by atoms with Gasteiger partial charge in [-0.3, -0.25) is 4.79 Å². The number of hydrogen-bond donors (Lipinski definition) is 1. The number of carbonyl (C=O) groups excluding carboxylic acids is 1. The summed E-state index contributed by atoms with van der Waals surface area (Å²) in [5.74, 6) is 0.758. The van der Waals surface area contributed by atoms with Crippen LogP contribution < -0.4 is 10.1 Å². The number of piperidine rings is 1. The van der Waals surface area contributed by atoms with Gasteiger partial charge in [0, 0.05) is 24.3 Å². The minimum atomic E-state index is -3.56. The van der Waals surface area contributed by atoms with Crippen LogP contribution in [0.25, 0.3) is 11.5 Å². The fourth-order valence-electron chi connectivity index (χ4n) is 3.43. The molecule has 11 heteroatoms. The molecule has 0 radical (unpaired) electrons. The molecule has 0 bridgehead atoms. The van der Waals surface area contributed by atoms with Crippen molar-refractivity contribution in [1.82, 2.24) is 14.5 Å². The van der Waals surface area contributed by atoms with Gasteiger partial charge in [0.05, 0.1) is 17.8 Å². The van der Waals surface area contributed by atoms with Gasteiger partial charge in [-0.15, -0.1) is 10.2 Å². The van der Waals surface area contributed by atoms with Crippen molar-refractivity contribution in [2.45, 2.75) is 29.4 Å². The molecule has 2 aromatic carbocycles. The number of nitrogens with one attached hydrogen (secondary N) is 1. The SMILES string of the molecule is COc1ccc(NC(=O)CSc2nnc(-c3cccc(S(=O)(=O)N4CCCCC4)c3)o2)cc1. The Morgan fingerprint density at radius 3 is 2.61 bits per heavy atom. The Morgan fingerprint density at radius 2 is 1.88 bits per heavy atom. The van der Waals surface area contributed by atoms with E-state index in [9.17, 15) is 13.2 Å². The summed E-state index contributed by atoms with van der Waals surface area (Å²) in [5.41, 5.74) is 1.16. The van der Waals surface area contributed by atoms with Gasteiger partial charge in [0.15, 0.2) is 0 Å². The Labute approximate surface area is 196 Å². The molecule has 174 valence electrons. The van der Waals surface area contributed by atoms with Gasteiger partial charge in [-0.25, -0.2) is 8.42 Å². The summed E-state index contributed by atoms with van der Waals surface area (Å²) < 4.78 is 38.2. The third-order valence-corrected chi connectivity index (χ3v) is 7.85. The van der Waals surface area contributed by atoms with E-state index >= 15 is 0 Å². The zero-order valence-electron chi connectivity index (χ0n) is 18.1. The van der Waals surface area contributed by atoms with Crippen molar-refractivity contribution in [3.05, 3.63) is 48.5 Å². The largest absolute Gasteiger partial charge is 0.497 e. The lowest BCUT2D eigenvalue weighted by atomic mass is 10.2. The van der Waals surface area contributed by atoms with Gasteiger partial charge in [-0.1, -0.05) is 24.2 Å². The maximum absolute atomic E-state index is 12.9. The van der Waals surface area contributed by atoms with E-state index in [-0.39, 0.29) is 27.7 Å². The molecule has 1 fully saturated rings. The fraction of sp³-hybridized carbons (Fsp3) is 0.318. The number of sulfonamides is 1. The standard InChI is InChI=1S/C22H24N4O5S2/c1-30-18-10-8-17(9-11-18)23-20(27)15-32-22-25-24-21(31-22)16-6-5-7-19(14-16)33(28,29)26-12-3-2-4-13-26/h5-11,14H,2-4,12-13,15H2,1H3,(H,23,27). The lowest BCUT2D eigenvalue weighted by molar-refractivity contribution is -0.113. The van der Waals surface area contributed by atoms with E-state index in [0.29, 0.717) is 30.1 Å². The average Bonchev–Trinajstić information content (AvgIpc) is 3.33. The van der Waals surface area contributed by atoms with Gasteiger partial charge in [0.2, 0.25) is 21.8 Å². The Bertz CT molecular complexity index is 1210. The van der Waals surface area contributed by atoms with Crippen LogP contribution in [-0.2, 0) is 14.8 Å². The van der Waals surface area contributed by atoms with Crippen LogP contribution in [0.4, 0.5) is 5.69 Å². The molecule has 3 aromatic rings. The average molecular weight is 489 g/mol. The Kier molecular flexibility index (Phi) is 7.31. The highest BCUT2D eigenvalue weighted by atomic mass is 32.2.